The number of rotatable bonds is 4. The van der Waals surface area contributed by atoms with Crippen LogP contribution in [0.3, 0.4) is 0 Å². The second-order valence-corrected chi connectivity index (χ2v) is 2.78. The summed E-state index contributed by atoms with van der Waals surface area (Å²) in [7, 11) is 0. The minimum Gasteiger partial charge on any atom is -0.367 e. The van der Waals surface area contributed by atoms with E-state index < -0.39 is 12.0 Å². The summed E-state index contributed by atoms with van der Waals surface area (Å²) in [4.78, 5) is 10.6. The zero-order valence-corrected chi connectivity index (χ0v) is 7.61. The number of aromatic nitrogens is 1. The van der Waals surface area contributed by atoms with Crippen molar-refractivity contribution in [1.82, 2.24) is 5.16 Å². The van der Waals surface area contributed by atoms with Gasteiger partial charge in [0.1, 0.15) is 17.6 Å². The summed E-state index contributed by atoms with van der Waals surface area (Å²) in [5.74, 6) is 0.227. The van der Waals surface area contributed by atoms with Crippen molar-refractivity contribution >= 4 is 5.91 Å². The number of hydrogen-bond acceptors (Lipinski definition) is 4. The Hall–Kier alpha value is -1.36. The molecule has 1 aromatic rings. The lowest BCUT2D eigenvalue weighted by atomic mass is 10.3. The maximum absolute atomic E-state index is 10.6. The molecule has 0 saturated carbocycles. The van der Waals surface area contributed by atoms with E-state index in [1.807, 2.05) is 0 Å². The second-order valence-electron chi connectivity index (χ2n) is 2.78. The Balaban J connectivity index is 2.39. The molecule has 5 heteroatoms. The monoisotopic (exact) mass is 184 g/mol. The van der Waals surface area contributed by atoms with Gasteiger partial charge in [0.05, 0.1) is 6.61 Å². The molecule has 1 unspecified atom stereocenters. The van der Waals surface area contributed by atoms with Crippen LogP contribution in [0.4, 0.5) is 0 Å². The first kappa shape index (κ1) is 9.73. The molecule has 0 fully saturated rings. The molecule has 5 nitrogen and oxygen atoms in total. The van der Waals surface area contributed by atoms with Gasteiger partial charge in [0.25, 0.3) is 0 Å². The van der Waals surface area contributed by atoms with Crippen molar-refractivity contribution < 1.29 is 14.1 Å². The normalized spacial score (nSPS) is 12.8. The van der Waals surface area contributed by atoms with Crippen molar-refractivity contribution in [2.75, 3.05) is 0 Å². The zero-order chi connectivity index (χ0) is 9.84. The highest BCUT2D eigenvalue weighted by Gasteiger charge is 2.09. The van der Waals surface area contributed by atoms with Crippen LogP contribution in [0.15, 0.2) is 10.6 Å². The lowest BCUT2D eigenvalue weighted by molar-refractivity contribution is -0.129. The van der Waals surface area contributed by atoms with Gasteiger partial charge < -0.3 is 15.0 Å². The maximum Gasteiger partial charge on any atom is 0.246 e. The number of primary amides is 1. The minimum absolute atomic E-state index is 0.238. The Bertz CT molecular complexity index is 295. The van der Waals surface area contributed by atoms with Gasteiger partial charge in [0.2, 0.25) is 5.91 Å². The van der Waals surface area contributed by atoms with Crippen molar-refractivity contribution in [2.45, 2.75) is 26.6 Å². The molecule has 0 aliphatic carbocycles. The minimum atomic E-state index is -0.600. The molecule has 0 saturated heterocycles. The number of nitrogens with two attached hydrogens (primary N) is 1. The Labute approximate surface area is 75.8 Å². The van der Waals surface area contributed by atoms with Crippen LogP contribution in [-0.4, -0.2) is 17.2 Å². The number of amides is 1. The van der Waals surface area contributed by atoms with Crippen molar-refractivity contribution in [1.29, 1.82) is 0 Å². The van der Waals surface area contributed by atoms with E-state index >= 15 is 0 Å². The number of carbonyl (C=O) groups excluding carboxylic acids is 1. The van der Waals surface area contributed by atoms with E-state index in [-0.39, 0.29) is 6.61 Å². The van der Waals surface area contributed by atoms with Crippen LogP contribution < -0.4 is 5.73 Å². The molecule has 0 aliphatic rings. The first-order valence-electron chi connectivity index (χ1n) is 3.92. The number of ether oxygens (including phenoxy) is 1. The SMILES string of the molecule is Cc1cc(COC(C)C(N)=O)no1. The van der Waals surface area contributed by atoms with E-state index in [2.05, 4.69) is 5.16 Å². The van der Waals surface area contributed by atoms with Crippen LogP contribution >= 0.6 is 0 Å². The Morgan fingerprint density at radius 2 is 2.54 bits per heavy atom. The Kier molecular flexibility index (Phi) is 3.02. The molecule has 1 amide bonds. The van der Waals surface area contributed by atoms with E-state index in [1.54, 1.807) is 19.9 Å². The van der Waals surface area contributed by atoms with Crippen molar-refractivity contribution in [3.63, 3.8) is 0 Å². The smallest absolute Gasteiger partial charge is 0.246 e. The van der Waals surface area contributed by atoms with Crippen LogP contribution in [0.2, 0.25) is 0 Å². The molecule has 1 heterocycles. The lowest BCUT2D eigenvalue weighted by Crippen LogP contribution is -2.28. The summed E-state index contributed by atoms with van der Waals surface area (Å²) in [5.41, 5.74) is 5.66. The zero-order valence-electron chi connectivity index (χ0n) is 7.61. The van der Waals surface area contributed by atoms with E-state index in [0.717, 1.165) is 0 Å². The van der Waals surface area contributed by atoms with Crippen LogP contribution in [-0.2, 0) is 16.1 Å². The van der Waals surface area contributed by atoms with Crippen molar-refractivity contribution in [3.05, 3.63) is 17.5 Å². The fourth-order valence-electron chi connectivity index (χ4n) is 0.778. The standard InChI is InChI=1S/C8H12N2O3/c1-5-3-7(10-13-5)4-12-6(2)8(9)11/h3,6H,4H2,1-2H3,(H2,9,11). The molecule has 0 bridgehead atoms. The highest BCUT2D eigenvalue weighted by Crippen LogP contribution is 2.04. The molecule has 0 spiro atoms. The topological polar surface area (TPSA) is 78.4 Å². The third-order valence-electron chi connectivity index (χ3n) is 1.56. The fourth-order valence-corrected chi connectivity index (χ4v) is 0.778. The molecular formula is C8H12N2O3. The lowest BCUT2D eigenvalue weighted by Gasteiger charge is -2.06. The van der Waals surface area contributed by atoms with Gasteiger partial charge in [-0.3, -0.25) is 4.79 Å². The predicted molar refractivity (Wildman–Crippen MR) is 44.7 cm³/mol. The number of hydrogen-bond donors (Lipinski definition) is 1. The fraction of sp³-hybridized carbons (Fsp3) is 0.500. The number of aryl methyl sites for hydroxylation is 1. The van der Waals surface area contributed by atoms with E-state index in [1.165, 1.54) is 0 Å². The second kappa shape index (κ2) is 4.04. The van der Waals surface area contributed by atoms with Crippen LogP contribution in [0, 0.1) is 6.92 Å². The molecule has 1 rings (SSSR count). The van der Waals surface area contributed by atoms with Gasteiger partial charge in [-0.1, -0.05) is 5.16 Å². The highest BCUT2D eigenvalue weighted by atomic mass is 16.5. The van der Waals surface area contributed by atoms with E-state index in [0.29, 0.717) is 11.5 Å². The Morgan fingerprint density at radius 3 is 3.00 bits per heavy atom. The first-order valence-corrected chi connectivity index (χ1v) is 3.92. The molecule has 72 valence electrons. The summed E-state index contributed by atoms with van der Waals surface area (Å²) < 4.78 is 9.92. The highest BCUT2D eigenvalue weighted by molar-refractivity contribution is 5.78. The van der Waals surface area contributed by atoms with Crippen molar-refractivity contribution in [2.24, 2.45) is 5.73 Å². The third-order valence-corrected chi connectivity index (χ3v) is 1.56. The number of nitrogens with zero attached hydrogens (tertiary/aromatic N) is 1. The predicted octanol–water partition coefficient (Wildman–Crippen LogP) is 0.373. The van der Waals surface area contributed by atoms with Gasteiger partial charge in [0, 0.05) is 6.07 Å². The molecule has 0 aromatic carbocycles. The quantitative estimate of drug-likeness (QED) is 0.733. The van der Waals surface area contributed by atoms with Gasteiger partial charge in [-0.2, -0.15) is 0 Å². The molecule has 2 N–H and O–H groups in total. The van der Waals surface area contributed by atoms with Crippen LogP contribution in [0.1, 0.15) is 18.4 Å². The maximum atomic E-state index is 10.6. The molecule has 1 atom stereocenters. The summed E-state index contributed by atoms with van der Waals surface area (Å²) in [6, 6.07) is 1.74. The van der Waals surface area contributed by atoms with Crippen molar-refractivity contribution in [3.8, 4) is 0 Å². The van der Waals surface area contributed by atoms with Gasteiger partial charge in [-0.25, -0.2) is 0 Å². The summed E-state index contributed by atoms with van der Waals surface area (Å²) in [6.07, 6.45) is -0.600. The summed E-state index contributed by atoms with van der Waals surface area (Å²) in [5, 5.41) is 3.69. The first-order chi connectivity index (χ1) is 6.09. The molecule has 0 aliphatic heterocycles. The summed E-state index contributed by atoms with van der Waals surface area (Å²) in [6.45, 7) is 3.62. The van der Waals surface area contributed by atoms with Crippen LogP contribution in [0.5, 0.6) is 0 Å². The van der Waals surface area contributed by atoms with Gasteiger partial charge in [-0.15, -0.1) is 0 Å². The van der Waals surface area contributed by atoms with Crippen LogP contribution in [0.25, 0.3) is 0 Å². The molecule has 0 radical (unpaired) electrons. The van der Waals surface area contributed by atoms with Gasteiger partial charge in [-0.05, 0) is 13.8 Å². The largest absolute Gasteiger partial charge is 0.367 e. The van der Waals surface area contributed by atoms with E-state index in [4.69, 9.17) is 15.0 Å². The average Bonchev–Trinajstić information content (AvgIpc) is 2.47. The molecule has 13 heavy (non-hydrogen) atoms. The average molecular weight is 184 g/mol. The number of carbonyl (C=O) groups is 1. The van der Waals surface area contributed by atoms with Gasteiger partial charge in [0.15, 0.2) is 0 Å². The molecule has 1 aromatic heterocycles. The third kappa shape index (κ3) is 2.87. The molecular weight excluding hydrogens is 172 g/mol. The van der Waals surface area contributed by atoms with E-state index in [9.17, 15) is 4.79 Å². The Morgan fingerprint density at radius 1 is 1.85 bits per heavy atom. The summed E-state index contributed by atoms with van der Waals surface area (Å²) >= 11 is 0. The van der Waals surface area contributed by atoms with Gasteiger partial charge >= 0.3 is 0 Å².